The number of carbonyl (C=O) groups excluding carboxylic acids is 1. The third-order valence-electron chi connectivity index (χ3n) is 5.72. The number of ether oxygens (including phenoxy) is 2. The molecule has 2 aliphatic carbocycles. The van der Waals surface area contributed by atoms with Crippen LogP contribution < -0.4 is 0 Å². The number of ketones is 1. The Morgan fingerprint density at radius 3 is 2.75 bits per heavy atom. The summed E-state index contributed by atoms with van der Waals surface area (Å²) >= 11 is 0. The minimum Gasteiger partial charge on any atom is -0.396 e. The lowest BCUT2D eigenvalue weighted by Crippen LogP contribution is -2.31. The Hall–Kier alpha value is -0.710. The summed E-state index contributed by atoms with van der Waals surface area (Å²) in [5.74, 6) is 0.131. The van der Waals surface area contributed by atoms with Crippen LogP contribution in [-0.4, -0.2) is 41.9 Å². The van der Waals surface area contributed by atoms with Gasteiger partial charge in [-0.2, -0.15) is 0 Å². The molecular weight excluding hydrogens is 256 g/mol. The number of hydrogen-bond donors (Lipinski definition) is 1. The highest BCUT2D eigenvalue weighted by molar-refractivity contribution is 5.96. The highest BCUT2D eigenvalue weighted by atomic mass is 16.6. The van der Waals surface area contributed by atoms with Gasteiger partial charge < -0.3 is 14.6 Å². The number of rotatable bonds is 5. The first kappa shape index (κ1) is 14.2. The molecule has 0 amide bonds. The van der Waals surface area contributed by atoms with Crippen molar-refractivity contribution < 1.29 is 19.4 Å². The molecule has 1 saturated heterocycles. The van der Waals surface area contributed by atoms with Crippen LogP contribution in [0, 0.1) is 11.3 Å². The first-order valence-electron chi connectivity index (χ1n) is 7.39. The van der Waals surface area contributed by atoms with Gasteiger partial charge in [0.25, 0.3) is 0 Å². The van der Waals surface area contributed by atoms with Crippen LogP contribution in [0.4, 0.5) is 0 Å². The first-order valence-corrected chi connectivity index (χ1v) is 7.39. The Morgan fingerprint density at radius 2 is 2.25 bits per heavy atom. The largest absolute Gasteiger partial charge is 0.396 e. The lowest BCUT2D eigenvalue weighted by molar-refractivity contribution is -0.132. The molecule has 0 radical (unpaired) electrons. The van der Waals surface area contributed by atoms with Crippen molar-refractivity contribution in [3.8, 4) is 0 Å². The molecule has 3 fully saturated rings. The van der Waals surface area contributed by atoms with E-state index in [1.807, 2.05) is 0 Å². The Bertz CT molecular complexity index is 481. The smallest absolute Gasteiger partial charge is 0.165 e. The van der Waals surface area contributed by atoms with E-state index in [1.54, 1.807) is 7.11 Å². The number of carbonyl (C=O) groups is 1. The Kier molecular flexibility index (Phi) is 2.96. The molecule has 3 aliphatic rings. The van der Waals surface area contributed by atoms with Crippen molar-refractivity contribution >= 4 is 5.78 Å². The average molecular weight is 280 g/mol. The van der Waals surface area contributed by atoms with Gasteiger partial charge in [0.05, 0.1) is 18.3 Å². The number of allylic oxidation sites excluding steroid dienone is 1. The van der Waals surface area contributed by atoms with Crippen LogP contribution >= 0.6 is 0 Å². The van der Waals surface area contributed by atoms with Crippen LogP contribution in [-0.2, 0) is 14.3 Å². The number of aliphatic hydroxyl groups is 1. The molecule has 0 aromatic heterocycles. The van der Waals surface area contributed by atoms with Crippen LogP contribution in [0.15, 0.2) is 11.6 Å². The molecule has 0 spiro atoms. The van der Waals surface area contributed by atoms with Crippen LogP contribution in [0.5, 0.6) is 0 Å². The molecule has 3 rings (SSSR count). The SMILES string of the molecule is COC12C(=O)CCC1(CO)C2C1(C)OC1CC=C(C)C. The van der Waals surface area contributed by atoms with Gasteiger partial charge in [0.15, 0.2) is 5.78 Å². The highest BCUT2D eigenvalue weighted by Crippen LogP contribution is 2.78. The zero-order valence-corrected chi connectivity index (χ0v) is 12.7. The van der Waals surface area contributed by atoms with Crippen molar-refractivity contribution in [2.45, 2.75) is 57.3 Å². The van der Waals surface area contributed by atoms with Crippen molar-refractivity contribution in [3.63, 3.8) is 0 Å². The molecule has 0 bridgehead atoms. The van der Waals surface area contributed by atoms with E-state index >= 15 is 0 Å². The number of Topliss-reactive ketones (excluding diaryl/α,β-unsaturated/α-hetero) is 1. The fraction of sp³-hybridized carbons (Fsp3) is 0.812. The molecular formula is C16H24O4. The summed E-state index contributed by atoms with van der Waals surface area (Å²) in [5, 5.41) is 9.85. The van der Waals surface area contributed by atoms with E-state index in [2.05, 4.69) is 26.8 Å². The third kappa shape index (κ3) is 1.45. The van der Waals surface area contributed by atoms with Gasteiger partial charge in [0, 0.05) is 24.9 Å². The molecule has 2 saturated carbocycles. The van der Waals surface area contributed by atoms with E-state index in [9.17, 15) is 9.90 Å². The minimum absolute atomic E-state index is 0.00527. The molecule has 1 aliphatic heterocycles. The van der Waals surface area contributed by atoms with Gasteiger partial charge >= 0.3 is 0 Å². The maximum Gasteiger partial charge on any atom is 0.165 e. The quantitative estimate of drug-likeness (QED) is 0.617. The van der Waals surface area contributed by atoms with E-state index < -0.39 is 11.0 Å². The molecule has 0 aromatic rings. The van der Waals surface area contributed by atoms with E-state index in [0.29, 0.717) is 6.42 Å². The van der Waals surface area contributed by atoms with Gasteiger partial charge in [-0.25, -0.2) is 0 Å². The summed E-state index contributed by atoms with van der Waals surface area (Å²) in [6, 6.07) is 0. The van der Waals surface area contributed by atoms with E-state index in [0.717, 1.165) is 12.8 Å². The van der Waals surface area contributed by atoms with Crippen molar-refractivity contribution in [1.29, 1.82) is 0 Å². The van der Waals surface area contributed by atoms with Gasteiger partial charge in [-0.05, 0) is 33.6 Å². The zero-order chi connectivity index (χ0) is 14.8. The van der Waals surface area contributed by atoms with Crippen LogP contribution in [0.1, 0.15) is 40.0 Å². The normalized spacial score (nSPS) is 49.0. The second kappa shape index (κ2) is 4.15. The summed E-state index contributed by atoms with van der Waals surface area (Å²) in [6.45, 7) is 6.21. The topological polar surface area (TPSA) is 59.1 Å². The Morgan fingerprint density at radius 1 is 1.55 bits per heavy atom. The summed E-state index contributed by atoms with van der Waals surface area (Å²) in [5.41, 5.74) is -0.266. The van der Waals surface area contributed by atoms with Crippen molar-refractivity contribution in [2.75, 3.05) is 13.7 Å². The fourth-order valence-corrected chi connectivity index (χ4v) is 4.68. The minimum atomic E-state index is -0.795. The predicted octanol–water partition coefficient (Wildman–Crippen LogP) is 1.86. The predicted molar refractivity (Wildman–Crippen MR) is 74.3 cm³/mol. The molecule has 1 N–H and O–H groups in total. The third-order valence-corrected chi connectivity index (χ3v) is 5.72. The second-order valence-corrected chi connectivity index (χ2v) is 6.92. The first-order chi connectivity index (χ1) is 9.39. The molecule has 1 heterocycles. The summed E-state index contributed by atoms with van der Waals surface area (Å²) in [6.07, 6.45) is 4.40. The van der Waals surface area contributed by atoms with Gasteiger partial charge in [-0.15, -0.1) is 0 Å². The fourth-order valence-electron chi connectivity index (χ4n) is 4.68. The van der Waals surface area contributed by atoms with Crippen LogP contribution in [0.2, 0.25) is 0 Å². The van der Waals surface area contributed by atoms with Crippen LogP contribution in [0.3, 0.4) is 0 Å². The monoisotopic (exact) mass is 280 g/mol. The molecule has 0 aromatic carbocycles. The Labute approximate surface area is 120 Å². The maximum absolute atomic E-state index is 12.3. The number of methoxy groups -OCH3 is 1. The lowest BCUT2D eigenvalue weighted by Gasteiger charge is -2.14. The summed E-state index contributed by atoms with van der Waals surface area (Å²) in [7, 11) is 1.59. The second-order valence-electron chi connectivity index (χ2n) is 6.92. The molecule has 20 heavy (non-hydrogen) atoms. The molecule has 5 unspecified atom stereocenters. The number of epoxide rings is 1. The maximum atomic E-state index is 12.3. The van der Waals surface area contributed by atoms with Gasteiger partial charge in [-0.3, -0.25) is 4.79 Å². The van der Waals surface area contributed by atoms with E-state index in [1.165, 1.54) is 5.57 Å². The summed E-state index contributed by atoms with van der Waals surface area (Å²) in [4.78, 5) is 12.3. The number of aliphatic hydroxyl groups excluding tert-OH is 1. The van der Waals surface area contributed by atoms with E-state index in [4.69, 9.17) is 9.47 Å². The number of fused-ring (bicyclic) bond motifs is 1. The van der Waals surface area contributed by atoms with Crippen molar-refractivity contribution in [1.82, 2.24) is 0 Å². The standard InChI is InChI=1S/C16H24O4/c1-10(2)5-6-12-14(3,20-12)13-15(9-17)8-7-11(18)16(13,15)19-4/h5,12-13,17H,6-9H2,1-4H3. The van der Waals surface area contributed by atoms with Gasteiger partial charge in [0.2, 0.25) is 0 Å². The molecule has 112 valence electrons. The van der Waals surface area contributed by atoms with E-state index in [-0.39, 0.29) is 30.0 Å². The van der Waals surface area contributed by atoms with Crippen molar-refractivity contribution in [2.24, 2.45) is 11.3 Å². The van der Waals surface area contributed by atoms with Crippen molar-refractivity contribution in [3.05, 3.63) is 11.6 Å². The summed E-state index contributed by atoms with van der Waals surface area (Å²) < 4.78 is 11.6. The molecule has 4 heteroatoms. The van der Waals surface area contributed by atoms with Gasteiger partial charge in [-0.1, -0.05) is 11.6 Å². The van der Waals surface area contributed by atoms with Gasteiger partial charge in [0.1, 0.15) is 5.60 Å². The average Bonchev–Trinajstić information content (AvgIpc) is 3.22. The lowest BCUT2D eigenvalue weighted by atomic mass is 9.88. The number of hydrogen-bond acceptors (Lipinski definition) is 4. The Balaban J connectivity index is 1.83. The molecule has 5 atom stereocenters. The zero-order valence-electron chi connectivity index (χ0n) is 12.7. The molecule has 4 nitrogen and oxygen atoms in total. The van der Waals surface area contributed by atoms with Crippen LogP contribution in [0.25, 0.3) is 0 Å². The highest BCUT2D eigenvalue weighted by Gasteiger charge is 2.90.